The maximum absolute atomic E-state index is 5.01. The quantitative estimate of drug-likeness (QED) is 0.390. The van der Waals surface area contributed by atoms with Gasteiger partial charge in [0.1, 0.15) is 5.82 Å². The lowest BCUT2D eigenvalue weighted by Gasteiger charge is -2.15. The second-order valence-corrected chi connectivity index (χ2v) is 8.71. The van der Waals surface area contributed by atoms with Gasteiger partial charge in [-0.3, -0.25) is 4.98 Å². The maximum Gasteiger partial charge on any atom is 0.162 e. The molecule has 32 heavy (non-hydrogen) atoms. The van der Waals surface area contributed by atoms with Crippen LogP contribution in [0.4, 0.5) is 5.82 Å². The second-order valence-electron chi connectivity index (χ2n) is 8.71. The van der Waals surface area contributed by atoms with Gasteiger partial charge in [-0.1, -0.05) is 68.4 Å². The van der Waals surface area contributed by atoms with E-state index >= 15 is 0 Å². The predicted molar refractivity (Wildman–Crippen MR) is 131 cm³/mol. The molecule has 4 aromatic rings. The molecular formula is C28H28N4. The first-order valence-corrected chi connectivity index (χ1v) is 11.4. The van der Waals surface area contributed by atoms with E-state index in [1.165, 1.54) is 27.9 Å². The van der Waals surface area contributed by atoms with Gasteiger partial charge in [-0.15, -0.1) is 0 Å². The van der Waals surface area contributed by atoms with Crippen molar-refractivity contribution < 1.29 is 0 Å². The van der Waals surface area contributed by atoms with Crippen molar-refractivity contribution in [3.63, 3.8) is 0 Å². The largest absolute Gasteiger partial charge is 0.366 e. The molecule has 1 aliphatic carbocycles. The number of nitrogens with one attached hydrogen (secondary N) is 1. The average molecular weight is 421 g/mol. The molecule has 2 heterocycles. The van der Waals surface area contributed by atoms with Gasteiger partial charge in [0.2, 0.25) is 0 Å². The Kier molecular flexibility index (Phi) is 5.68. The van der Waals surface area contributed by atoms with Crippen LogP contribution in [0.15, 0.2) is 73.1 Å². The van der Waals surface area contributed by atoms with Gasteiger partial charge < -0.3 is 5.32 Å². The molecule has 0 unspecified atom stereocenters. The molecule has 4 heteroatoms. The molecule has 2 aromatic carbocycles. The smallest absolute Gasteiger partial charge is 0.162 e. The van der Waals surface area contributed by atoms with Gasteiger partial charge in [0.25, 0.3) is 0 Å². The third kappa shape index (κ3) is 4.13. The molecular weight excluding hydrogens is 392 g/mol. The van der Waals surface area contributed by atoms with Gasteiger partial charge in [0.15, 0.2) is 5.82 Å². The van der Waals surface area contributed by atoms with Crippen molar-refractivity contribution in [3.05, 3.63) is 95.4 Å². The number of fused-ring (bicyclic) bond motifs is 1. The van der Waals surface area contributed by atoms with Crippen LogP contribution in [0, 0.1) is 0 Å². The molecule has 1 N–H and O–H groups in total. The highest BCUT2D eigenvalue weighted by atomic mass is 15.0. The third-order valence-corrected chi connectivity index (χ3v) is 6.17. The molecule has 0 radical (unpaired) electrons. The van der Waals surface area contributed by atoms with E-state index in [1.54, 1.807) is 6.20 Å². The number of benzene rings is 2. The zero-order valence-electron chi connectivity index (χ0n) is 18.7. The van der Waals surface area contributed by atoms with E-state index in [0.717, 1.165) is 48.6 Å². The van der Waals surface area contributed by atoms with E-state index in [4.69, 9.17) is 9.97 Å². The number of pyridine rings is 1. The highest BCUT2D eigenvalue weighted by Crippen LogP contribution is 2.32. The Morgan fingerprint density at radius 3 is 2.50 bits per heavy atom. The number of hydrogen-bond donors (Lipinski definition) is 1. The average Bonchev–Trinajstić information content (AvgIpc) is 3.32. The van der Waals surface area contributed by atoms with Gasteiger partial charge in [-0.05, 0) is 53.5 Å². The first-order valence-electron chi connectivity index (χ1n) is 11.4. The van der Waals surface area contributed by atoms with Crippen LogP contribution in [0.5, 0.6) is 0 Å². The Hall–Kier alpha value is -3.53. The number of rotatable bonds is 6. The van der Waals surface area contributed by atoms with Gasteiger partial charge in [0.05, 0.1) is 0 Å². The summed E-state index contributed by atoms with van der Waals surface area (Å²) in [5, 5.41) is 3.62. The van der Waals surface area contributed by atoms with Crippen LogP contribution in [0.25, 0.3) is 22.5 Å². The molecule has 0 atom stereocenters. The fraction of sp³-hybridized carbons (Fsp3) is 0.250. The van der Waals surface area contributed by atoms with Crippen molar-refractivity contribution >= 4 is 5.82 Å². The fourth-order valence-electron chi connectivity index (χ4n) is 4.44. The lowest BCUT2D eigenvalue weighted by atomic mass is 9.96. The lowest BCUT2D eigenvalue weighted by molar-refractivity contribution is 0.864. The minimum Gasteiger partial charge on any atom is -0.366 e. The minimum absolute atomic E-state index is 0.429. The van der Waals surface area contributed by atoms with E-state index in [0.29, 0.717) is 5.92 Å². The molecule has 0 amide bonds. The Bertz CT molecular complexity index is 1210. The number of hydrogen-bond acceptors (Lipinski definition) is 4. The number of aromatic nitrogens is 3. The first-order chi connectivity index (χ1) is 15.7. The van der Waals surface area contributed by atoms with Crippen molar-refractivity contribution in [2.24, 2.45) is 0 Å². The zero-order chi connectivity index (χ0) is 21.9. The Balaban J connectivity index is 1.41. The molecule has 0 saturated carbocycles. The monoisotopic (exact) mass is 420 g/mol. The minimum atomic E-state index is 0.429. The zero-order valence-corrected chi connectivity index (χ0v) is 18.7. The summed E-state index contributed by atoms with van der Waals surface area (Å²) in [4.78, 5) is 14.2. The topological polar surface area (TPSA) is 50.7 Å². The lowest BCUT2D eigenvalue weighted by Crippen LogP contribution is -2.08. The van der Waals surface area contributed by atoms with Crippen LogP contribution in [0.2, 0.25) is 0 Å². The van der Waals surface area contributed by atoms with Gasteiger partial charge in [0, 0.05) is 35.8 Å². The van der Waals surface area contributed by atoms with Crippen LogP contribution in [-0.4, -0.2) is 15.0 Å². The molecule has 2 aromatic heterocycles. The van der Waals surface area contributed by atoms with Crippen molar-refractivity contribution in [3.8, 4) is 22.5 Å². The normalized spacial score (nSPS) is 12.7. The summed E-state index contributed by atoms with van der Waals surface area (Å²) in [6.45, 7) is 5.18. The van der Waals surface area contributed by atoms with Crippen LogP contribution >= 0.6 is 0 Å². The summed E-state index contributed by atoms with van der Waals surface area (Å²) in [7, 11) is 0. The second kappa shape index (κ2) is 8.91. The highest BCUT2D eigenvalue weighted by Gasteiger charge is 2.21. The summed E-state index contributed by atoms with van der Waals surface area (Å²) in [5.41, 5.74) is 8.45. The molecule has 5 rings (SSSR count). The van der Waals surface area contributed by atoms with Gasteiger partial charge in [-0.2, -0.15) is 0 Å². The Labute approximate surface area is 189 Å². The fourth-order valence-corrected chi connectivity index (χ4v) is 4.44. The van der Waals surface area contributed by atoms with E-state index < -0.39 is 0 Å². The van der Waals surface area contributed by atoms with Crippen molar-refractivity contribution in [2.75, 3.05) is 5.32 Å². The van der Waals surface area contributed by atoms with Gasteiger partial charge in [-0.25, -0.2) is 9.97 Å². The van der Waals surface area contributed by atoms with Crippen molar-refractivity contribution in [2.45, 2.75) is 45.6 Å². The van der Waals surface area contributed by atoms with E-state index in [9.17, 15) is 0 Å². The molecule has 0 aliphatic heterocycles. The highest BCUT2D eigenvalue weighted by molar-refractivity contribution is 5.65. The molecule has 1 aliphatic rings. The third-order valence-electron chi connectivity index (χ3n) is 6.17. The number of nitrogens with zero attached hydrogens (tertiary/aromatic N) is 3. The number of aryl methyl sites for hydroxylation is 1. The van der Waals surface area contributed by atoms with Crippen molar-refractivity contribution in [1.82, 2.24) is 15.0 Å². The van der Waals surface area contributed by atoms with Crippen LogP contribution in [-0.2, 0) is 19.4 Å². The van der Waals surface area contributed by atoms with E-state index in [-0.39, 0.29) is 0 Å². The van der Waals surface area contributed by atoms with E-state index in [2.05, 4.69) is 78.7 Å². The number of anilines is 1. The van der Waals surface area contributed by atoms with Crippen LogP contribution < -0.4 is 5.32 Å². The van der Waals surface area contributed by atoms with Gasteiger partial charge >= 0.3 is 0 Å². The van der Waals surface area contributed by atoms with Crippen molar-refractivity contribution in [1.29, 1.82) is 0 Å². The SMILES string of the molecule is CC(C)c1ccccc1-c1nc2c(c(NCc3ccc(-c4cccnc4)cc3)n1)CCC2. The molecule has 0 saturated heterocycles. The van der Waals surface area contributed by atoms with Crippen LogP contribution in [0.3, 0.4) is 0 Å². The molecule has 0 bridgehead atoms. The Morgan fingerprint density at radius 2 is 1.72 bits per heavy atom. The summed E-state index contributed by atoms with van der Waals surface area (Å²) < 4.78 is 0. The molecule has 0 spiro atoms. The first kappa shape index (κ1) is 20.4. The Morgan fingerprint density at radius 1 is 0.875 bits per heavy atom. The summed E-state index contributed by atoms with van der Waals surface area (Å²) in [6.07, 6.45) is 6.92. The predicted octanol–water partition coefficient (Wildman–Crippen LogP) is 6.43. The molecule has 4 nitrogen and oxygen atoms in total. The summed E-state index contributed by atoms with van der Waals surface area (Å²) in [6, 6.07) is 21.2. The van der Waals surface area contributed by atoms with E-state index in [1.807, 2.05) is 12.3 Å². The maximum atomic E-state index is 5.01. The summed E-state index contributed by atoms with van der Waals surface area (Å²) in [5.74, 6) is 2.25. The molecule has 160 valence electrons. The summed E-state index contributed by atoms with van der Waals surface area (Å²) >= 11 is 0. The molecule has 0 fully saturated rings. The van der Waals surface area contributed by atoms with Crippen LogP contribution in [0.1, 0.15) is 48.6 Å². The standard InChI is InChI=1S/C28H28N4/c1-19(2)23-8-3-4-9-24(23)28-31-26-11-5-10-25(26)27(32-28)30-17-20-12-14-21(15-13-20)22-7-6-16-29-18-22/h3-4,6-9,12-16,18-19H,5,10-11,17H2,1-2H3,(H,30,31,32).